The van der Waals surface area contributed by atoms with E-state index in [2.05, 4.69) is 10.3 Å². The number of benzene rings is 3. The third kappa shape index (κ3) is 4.77. The number of amidine groups is 1. The van der Waals surface area contributed by atoms with Crippen molar-refractivity contribution >= 4 is 40.1 Å². The van der Waals surface area contributed by atoms with Crippen LogP contribution >= 0.6 is 11.8 Å². The first-order valence-corrected chi connectivity index (χ1v) is 11.8. The van der Waals surface area contributed by atoms with Crippen molar-refractivity contribution < 1.29 is 14.0 Å². The average Bonchev–Trinajstić information content (AvgIpc) is 3.45. The zero-order valence-electron chi connectivity index (χ0n) is 18.1. The van der Waals surface area contributed by atoms with Crippen molar-refractivity contribution in [3.05, 3.63) is 102 Å². The van der Waals surface area contributed by atoms with Gasteiger partial charge in [0.05, 0.1) is 11.8 Å². The molecule has 1 N–H and O–H groups in total. The van der Waals surface area contributed by atoms with Crippen LogP contribution in [0.4, 0.5) is 10.1 Å². The summed E-state index contributed by atoms with van der Waals surface area (Å²) >= 11 is 1.24. The molecule has 2 amide bonds. The highest BCUT2D eigenvalue weighted by molar-refractivity contribution is 8.15. The van der Waals surface area contributed by atoms with Gasteiger partial charge in [-0.15, -0.1) is 0 Å². The van der Waals surface area contributed by atoms with Gasteiger partial charge in [0.2, 0.25) is 5.91 Å². The molecule has 6 nitrogen and oxygen atoms in total. The smallest absolute Gasteiger partial charge is 0.262 e. The van der Waals surface area contributed by atoms with Crippen molar-refractivity contribution in [3.8, 4) is 0 Å². The van der Waals surface area contributed by atoms with E-state index in [1.165, 1.54) is 23.9 Å². The summed E-state index contributed by atoms with van der Waals surface area (Å²) in [7, 11) is 0. The van der Waals surface area contributed by atoms with E-state index in [1.807, 2.05) is 48.5 Å². The molecule has 0 unspecified atom stereocenters. The van der Waals surface area contributed by atoms with Gasteiger partial charge in [-0.1, -0.05) is 72.4 Å². The summed E-state index contributed by atoms with van der Waals surface area (Å²) in [6, 6.07) is 25.0. The molecule has 0 fully saturated rings. The number of para-hydroxylation sites is 1. The monoisotopic (exact) mass is 472 g/mol. The summed E-state index contributed by atoms with van der Waals surface area (Å²) in [5, 5.41) is 9.15. The van der Waals surface area contributed by atoms with Gasteiger partial charge in [0.15, 0.2) is 5.17 Å². The fourth-order valence-corrected chi connectivity index (χ4v) is 5.00. The topological polar surface area (TPSA) is 74.1 Å². The van der Waals surface area contributed by atoms with E-state index < -0.39 is 5.25 Å². The summed E-state index contributed by atoms with van der Waals surface area (Å²) in [6.07, 6.45) is 0.596. The Morgan fingerprint density at radius 2 is 1.68 bits per heavy atom. The van der Waals surface area contributed by atoms with Crippen LogP contribution in [-0.4, -0.2) is 33.0 Å². The Balaban J connectivity index is 1.35. The van der Waals surface area contributed by atoms with Crippen LogP contribution in [0.3, 0.4) is 0 Å². The number of halogens is 1. The second-order valence-corrected chi connectivity index (χ2v) is 9.16. The molecule has 3 aromatic rings. The van der Waals surface area contributed by atoms with Gasteiger partial charge in [-0.2, -0.15) is 10.1 Å². The van der Waals surface area contributed by atoms with Crippen LogP contribution in [-0.2, 0) is 9.59 Å². The lowest BCUT2D eigenvalue weighted by atomic mass is 9.99. The maximum absolute atomic E-state index is 13.5. The zero-order valence-corrected chi connectivity index (χ0v) is 18.9. The lowest BCUT2D eigenvalue weighted by Crippen LogP contribution is -2.25. The molecular formula is C26H21FN4O2S. The molecule has 0 radical (unpaired) electrons. The molecule has 34 heavy (non-hydrogen) atoms. The van der Waals surface area contributed by atoms with Gasteiger partial charge < -0.3 is 5.32 Å². The van der Waals surface area contributed by atoms with Gasteiger partial charge in [0, 0.05) is 18.5 Å². The number of thioether (sulfide) groups is 1. The van der Waals surface area contributed by atoms with Crippen LogP contribution in [0.5, 0.6) is 0 Å². The van der Waals surface area contributed by atoms with E-state index in [9.17, 15) is 14.0 Å². The summed E-state index contributed by atoms with van der Waals surface area (Å²) < 4.78 is 13.5. The van der Waals surface area contributed by atoms with Gasteiger partial charge in [-0.05, 0) is 35.4 Å². The highest BCUT2D eigenvalue weighted by Gasteiger charge is 2.39. The van der Waals surface area contributed by atoms with E-state index in [1.54, 1.807) is 29.3 Å². The number of carbonyl (C=O) groups excluding carboxylic acids is 2. The van der Waals surface area contributed by atoms with Gasteiger partial charge >= 0.3 is 0 Å². The number of nitrogens with zero attached hydrogens (tertiary/aromatic N) is 3. The Morgan fingerprint density at radius 3 is 2.38 bits per heavy atom. The molecule has 0 saturated carbocycles. The molecule has 8 heteroatoms. The first-order chi connectivity index (χ1) is 16.6. The van der Waals surface area contributed by atoms with Crippen molar-refractivity contribution in [3.63, 3.8) is 0 Å². The normalized spacial score (nSPS) is 19.7. The number of aliphatic imine (C=N–C) groups is 1. The highest BCUT2D eigenvalue weighted by Crippen LogP contribution is 2.38. The minimum Gasteiger partial charge on any atom is -0.326 e. The van der Waals surface area contributed by atoms with E-state index in [-0.39, 0.29) is 30.1 Å². The van der Waals surface area contributed by atoms with E-state index >= 15 is 0 Å². The molecule has 5 rings (SSSR count). The first-order valence-electron chi connectivity index (χ1n) is 10.9. The SMILES string of the molecule is O=C(C[C@H]1SC(N2N=C(c3ccccc3)C[C@@H]2c2ccc(F)cc2)=NC1=O)Nc1ccccc1. The number of hydrogen-bond donors (Lipinski definition) is 1. The Morgan fingerprint density at radius 1 is 1.00 bits per heavy atom. The number of amides is 2. The van der Waals surface area contributed by atoms with Crippen molar-refractivity contribution in [2.45, 2.75) is 24.1 Å². The van der Waals surface area contributed by atoms with Crippen molar-refractivity contribution in [1.82, 2.24) is 5.01 Å². The first kappa shape index (κ1) is 22.0. The molecule has 0 aliphatic carbocycles. The molecule has 0 spiro atoms. The molecular weight excluding hydrogens is 451 g/mol. The number of rotatable bonds is 5. The Kier molecular flexibility index (Phi) is 6.22. The number of hydrazone groups is 1. The Hall–Kier alpha value is -3.78. The fourth-order valence-electron chi connectivity index (χ4n) is 3.94. The predicted octanol–water partition coefficient (Wildman–Crippen LogP) is 5.00. The third-order valence-corrected chi connectivity index (χ3v) is 6.77. The van der Waals surface area contributed by atoms with Crippen LogP contribution in [0.15, 0.2) is 95.0 Å². The predicted molar refractivity (Wildman–Crippen MR) is 132 cm³/mol. The second-order valence-electron chi connectivity index (χ2n) is 7.99. The standard InChI is InChI=1S/C26H21FN4O2S/c27-19-13-11-18(12-14-19)22-15-21(17-7-3-1-4-8-17)30-31(22)26-29-25(33)23(34-26)16-24(32)28-20-9-5-2-6-10-20/h1-14,22-23H,15-16H2,(H,28,32)/t22-,23-/m1/s1. The van der Waals surface area contributed by atoms with Crippen molar-refractivity contribution in [1.29, 1.82) is 0 Å². The van der Waals surface area contributed by atoms with Gasteiger partial charge in [0.1, 0.15) is 11.1 Å². The summed E-state index contributed by atoms with van der Waals surface area (Å²) in [6.45, 7) is 0. The molecule has 2 aliphatic rings. The van der Waals surface area contributed by atoms with Crippen LogP contribution in [0.25, 0.3) is 0 Å². The van der Waals surface area contributed by atoms with Gasteiger partial charge in [0.25, 0.3) is 5.91 Å². The van der Waals surface area contributed by atoms with Gasteiger partial charge in [-0.3, -0.25) is 9.59 Å². The average molecular weight is 473 g/mol. The molecule has 0 aromatic heterocycles. The molecule has 2 aliphatic heterocycles. The molecule has 2 heterocycles. The van der Waals surface area contributed by atoms with Crippen molar-refractivity contribution in [2.24, 2.45) is 10.1 Å². The molecule has 170 valence electrons. The highest BCUT2D eigenvalue weighted by atomic mass is 32.2. The summed E-state index contributed by atoms with van der Waals surface area (Å²) in [5.41, 5.74) is 3.39. The molecule has 2 atom stereocenters. The quantitative estimate of drug-likeness (QED) is 0.567. The minimum absolute atomic E-state index is 0.00963. The van der Waals surface area contributed by atoms with E-state index in [0.717, 1.165) is 16.8 Å². The third-order valence-electron chi connectivity index (χ3n) is 5.63. The number of nitrogens with one attached hydrogen (secondary N) is 1. The molecule has 0 saturated heterocycles. The van der Waals surface area contributed by atoms with Crippen LogP contribution in [0.1, 0.15) is 30.0 Å². The number of anilines is 1. The van der Waals surface area contributed by atoms with Gasteiger partial charge in [-0.25, -0.2) is 9.40 Å². The van der Waals surface area contributed by atoms with Crippen LogP contribution < -0.4 is 5.32 Å². The maximum atomic E-state index is 13.5. The van der Waals surface area contributed by atoms with Crippen LogP contribution in [0.2, 0.25) is 0 Å². The fraction of sp³-hybridized carbons (Fsp3) is 0.154. The zero-order chi connectivity index (χ0) is 23.5. The van der Waals surface area contributed by atoms with E-state index in [0.29, 0.717) is 17.3 Å². The van der Waals surface area contributed by atoms with Crippen molar-refractivity contribution in [2.75, 3.05) is 5.32 Å². The Labute approximate surface area is 200 Å². The summed E-state index contributed by atoms with van der Waals surface area (Å²) in [5.74, 6) is -0.923. The lowest BCUT2D eigenvalue weighted by Gasteiger charge is -2.23. The number of hydrogen-bond acceptors (Lipinski definition) is 5. The maximum Gasteiger partial charge on any atom is 0.262 e. The number of carbonyl (C=O) groups is 2. The second kappa shape index (κ2) is 9.61. The minimum atomic E-state index is -0.622. The Bertz CT molecular complexity index is 1260. The summed E-state index contributed by atoms with van der Waals surface area (Å²) in [4.78, 5) is 29.4. The largest absolute Gasteiger partial charge is 0.326 e. The van der Waals surface area contributed by atoms with Crippen LogP contribution in [0, 0.1) is 5.82 Å². The molecule has 0 bridgehead atoms. The van der Waals surface area contributed by atoms with E-state index in [4.69, 9.17) is 5.10 Å². The molecule has 3 aromatic carbocycles. The lowest BCUT2D eigenvalue weighted by molar-refractivity contribution is -0.121.